The van der Waals surface area contributed by atoms with Gasteiger partial charge in [-0.1, -0.05) is 36.4 Å². The molecule has 3 rings (SSSR count). The predicted octanol–water partition coefficient (Wildman–Crippen LogP) is 4.51. The molecule has 0 heterocycles. The highest BCUT2D eigenvalue weighted by Crippen LogP contribution is 2.45. The molecule has 3 nitrogen and oxygen atoms in total. The van der Waals surface area contributed by atoms with E-state index in [-0.39, 0.29) is 0 Å². The summed E-state index contributed by atoms with van der Waals surface area (Å²) >= 11 is 0. The lowest BCUT2D eigenvalue weighted by atomic mass is 10.3. The van der Waals surface area contributed by atoms with Crippen molar-refractivity contribution in [2.24, 2.45) is 0 Å². The van der Waals surface area contributed by atoms with E-state index in [2.05, 4.69) is 42.5 Å². The lowest BCUT2D eigenvalue weighted by molar-refractivity contribution is 0.306. The van der Waals surface area contributed by atoms with E-state index in [0.717, 1.165) is 23.7 Å². The Hall–Kier alpha value is -2.51. The Morgan fingerprint density at radius 1 is 0.654 bits per heavy atom. The fourth-order valence-electron chi connectivity index (χ4n) is 2.83. The Morgan fingerprint density at radius 3 is 1.65 bits per heavy atom. The molecule has 0 N–H and O–H groups in total. The highest BCUT2D eigenvalue weighted by Gasteiger charge is 2.18. The van der Waals surface area contributed by atoms with Crippen molar-refractivity contribution in [1.82, 2.24) is 0 Å². The maximum absolute atomic E-state index is 5.39. The van der Waals surface area contributed by atoms with Crippen LogP contribution in [0.25, 0.3) is 0 Å². The van der Waals surface area contributed by atoms with Gasteiger partial charge in [0.25, 0.3) is 0 Å². The van der Waals surface area contributed by atoms with E-state index < -0.39 is 7.92 Å². The Bertz CT molecular complexity index is 770. The SMILES string of the molecule is COC1=CCC=C(P(c2ccc(OC)cc2)c2ccc(OC)cc2)C=C1. The highest BCUT2D eigenvalue weighted by molar-refractivity contribution is 7.77. The lowest BCUT2D eigenvalue weighted by Crippen LogP contribution is -2.12. The third-order valence-electron chi connectivity index (χ3n) is 4.22. The minimum atomic E-state index is -0.671. The summed E-state index contributed by atoms with van der Waals surface area (Å²) in [6.45, 7) is 0. The van der Waals surface area contributed by atoms with Crippen molar-refractivity contribution in [3.05, 3.63) is 83.9 Å². The average molecular weight is 366 g/mol. The van der Waals surface area contributed by atoms with Crippen molar-refractivity contribution >= 4 is 18.5 Å². The van der Waals surface area contributed by atoms with E-state index in [1.54, 1.807) is 21.3 Å². The first-order chi connectivity index (χ1) is 12.7. The summed E-state index contributed by atoms with van der Waals surface area (Å²) < 4.78 is 16.0. The molecule has 0 unspecified atom stereocenters. The van der Waals surface area contributed by atoms with E-state index in [0.29, 0.717) is 0 Å². The topological polar surface area (TPSA) is 27.7 Å². The van der Waals surface area contributed by atoms with Gasteiger partial charge < -0.3 is 14.2 Å². The quantitative estimate of drug-likeness (QED) is 0.704. The maximum Gasteiger partial charge on any atom is 0.118 e. The van der Waals surface area contributed by atoms with Gasteiger partial charge in [0, 0.05) is 0 Å². The molecule has 0 aromatic heterocycles. The van der Waals surface area contributed by atoms with E-state index in [1.165, 1.54) is 15.9 Å². The average Bonchev–Trinajstić information content (AvgIpc) is 2.95. The summed E-state index contributed by atoms with van der Waals surface area (Å²) in [4.78, 5) is 0. The van der Waals surface area contributed by atoms with E-state index in [9.17, 15) is 0 Å². The molecular weight excluding hydrogens is 343 g/mol. The number of rotatable bonds is 6. The van der Waals surface area contributed by atoms with Gasteiger partial charge in [-0.25, -0.2) is 0 Å². The molecule has 0 saturated carbocycles. The van der Waals surface area contributed by atoms with Crippen LogP contribution in [0.5, 0.6) is 11.5 Å². The highest BCUT2D eigenvalue weighted by atomic mass is 31.1. The number of methoxy groups -OCH3 is 3. The monoisotopic (exact) mass is 366 g/mol. The molecule has 0 radical (unpaired) electrons. The third-order valence-corrected chi connectivity index (χ3v) is 6.70. The molecule has 0 atom stereocenters. The maximum atomic E-state index is 5.39. The molecule has 0 saturated heterocycles. The zero-order valence-electron chi connectivity index (χ0n) is 15.3. The van der Waals surface area contributed by atoms with Gasteiger partial charge in [0.2, 0.25) is 0 Å². The van der Waals surface area contributed by atoms with Crippen LogP contribution in [0.15, 0.2) is 83.9 Å². The number of hydrogen-bond donors (Lipinski definition) is 0. The zero-order valence-corrected chi connectivity index (χ0v) is 16.2. The minimum Gasteiger partial charge on any atom is -0.497 e. The minimum absolute atomic E-state index is 0.671. The molecule has 0 fully saturated rings. The molecule has 0 aliphatic heterocycles. The molecular formula is C22H23O3P. The number of benzene rings is 2. The fraction of sp³-hybridized carbons (Fsp3) is 0.182. The van der Waals surface area contributed by atoms with Gasteiger partial charge in [-0.15, -0.1) is 0 Å². The number of hydrogen-bond acceptors (Lipinski definition) is 3. The van der Waals surface area contributed by atoms with Crippen molar-refractivity contribution < 1.29 is 14.2 Å². The number of ether oxygens (including phenoxy) is 3. The second-order valence-electron chi connectivity index (χ2n) is 5.74. The summed E-state index contributed by atoms with van der Waals surface area (Å²) in [5, 5.41) is 3.86. The van der Waals surface area contributed by atoms with Crippen molar-refractivity contribution in [2.45, 2.75) is 6.42 Å². The van der Waals surface area contributed by atoms with E-state index in [1.807, 2.05) is 30.3 Å². The van der Waals surface area contributed by atoms with Crippen LogP contribution in [0.2, 0.25) is 0 Å². The molecule has 26 heavy (non-hydrogen) atoms. The summed E-state index contributed by atoms with van der Waals surface area (Å²) in [6, 6.07) is 16.7. The van der Waals surface area contributed by atoms with Gasteiger partial charge in [0.1, 0.15) is 17.3 Å². The van der Waals surface area contributed by atoms with Gasteiger partial charge in [-0.3, -0.25) is 0 Å². The standard InChI is InChI=1S/C22H23O3P/c1-23-17-5-4-6-20(12-7-17)26(21-13-8-18(24-2)9-14-21)22-15-10-19(25-3)11-16-22/h5-16H,4H2,1-3H3. The molecule has 1 aliphatic carbocycles. The van der Waals surface area contributed by atoms with Gasteiger partial charge in [0.05, 0.1) is 21.3 Å². The van der Waals surface area contributed by atoms with Gasteiger partial charge in [0.15, 0.2) is 0 Å². The number of allylic oxidation sites excluding steroid dienone is 5. The molecule has 2 aromatic rings. The van der Waals surface area contributed by atoms with Crippen LogP contribution in [-0.4, -0.2) is 21.3 Å². The van der Waals surface area contributed by atoms with Crippen molar-refractivity contribution in [3.8, 4) is 11.5 Å². The zero-order chi connectivity index (χ0) is 18.4. The second-order valence-corrected chi connectivity index (χ2v) is 7.96. The molecule has 134 valence electrons. The smallest absolute Gasteiger partial charge is 0.118 e. The van der Waals surface area contributed by atoms with Gasteiger partial charge in [-0.05, 0) is 66.7 Å². The van der Waals surface area contributed by atoms with E-state index >= 15 is 0 Å². The van der Waals surface area contributed by atoms with Crippen LogP contribution < -0.4 is 20.1 Å². The summed E-state index contributed by atoms with van der Waals surface area (Å²) in [7, 11) is 4.42. The van der Waals surface area contributed by atoms with Crippen LogP contribution in [0.3, 0.4) is 0 Å². The van der Waals surface area contributed by atoms with E-state index in [4.69, 9.17) is 14.2 Å². The molecule has 2 aromatic carbocycles. The van der Waals surface area contributed by atoms with Crippen molar-refractivity contribution in [3.63, 3.8) is 0 Å². The Labute approximate surface area is 156 Å². The van der Waals surface area contributed by atoms with Crippen LogP contribution in [0.1, 0.15) is 6.42 Å². The molecule has 4 heteroatoms. The Balaban J connectivity index is 2.01. The first-order valence-electron chi connectivity index (χ1n) is 8.46. The summed E-state index contributed by atoms with van der Waals surface area (Å²) in [5.74, 6) is 2.63. The lowest BCUT2D eigenvalue weighted by Gasteiger charge is -2.20. The van der Waals surface area contributed by atoms with Crippen LogP contribution in [-0.2, 0) is 4.74 Å². The van der Waals surface area contributed by atoms with Gasteiger partial charge >= 0.3 is 0 Å². The first kappa shape index (κ1) is 18.3. The summed E-state index contributed by atoms with van der Waals surface area (Å²) in [5.41, 5.74) is 0. The molecule has 0 spiro atoms. The van der Waals surface area contributed by atoms with Crippen molar-refractivity contribution in [1.29, 1.82) is 0 Å². The Morgan fingerprint density at radius 2 is 1.19 bits per heavy atom. The van der Waals surface area contributed by atoms with Crippen molar-refractivity contribution in [2.75, 3.05) is 21.3 Å². The fourth-order valence-corrected chi connectivity index (χ4v) is 5.13. The van der Waals surface area contributed by atoms with Gasteiger partial charge in [-0.2, -0.15) is 0 Å². The van der Waals surface area contributed by atoms with Crippen LogP contribution in [0, 0.1) is 0 Å². The Kier molecular flexibility index (Phi) is 6.14. The molecule has 0 amide bonds. The summed E-state index contributed by atoms with van der Waals surface area (Å²) in [6.07, 6.45) is 9.45. The first-order valence-corrected chi connectivity index (χ1v) is 9.80. The normalized spacial score (nSPS) is 13.7. The second kappa shape index (κ2) is 8.73. The van der Waals surface area contributed by atoms with Crippen LogP contribution in [0.4, 0.5) is 0 Å². The molecule has 0 bridgehead atoms. The largest absolute Gasteiger partial charge is 0.497 e. The van der Waals surface area contributed by atoms with Crippen LogP contribution >= 0.6 is 7.92 Å². The predicted molar refractivity (Wildman–Crippen MR) is 109 cm³/mol. The third kappa shape index (κ3) is 4.17. The molecule has 1 aliphatic rings.